The van der Waals surface area contributed by atoms with Crippen LogP contribution in [-0.4, -0.2) is 43.0 Å². The van der Waals surface area contributed by atoms with E-state index in [1.54, 1.807) is 0 Å². The van der Waals surface area contributed by atoms with Crippen LogP contribution in [0.1, 0.15) is 20.8 Å². The molecule has 0 radical (unpaired) electrons. The van der Waals surface area contributed by atoms with Gasteiger partial charge in [0.05, 0.1) is 29.4 Å². The average Bonchev–Trinajstić information content (AvgIpc) is 3.30. The zero-order valence-corrected chi connectivity index (χ0v) is 39.8. The summed E-state index contributed by atoms with van der Waals surface area (Å²) >= 11 is 0. The van der Waals surface area contributed by atoms with E-state index in [0.717, 1.165) is 0 Å². The lowest BCUT2D eigenvalue weighted by atomic mass is 10.3. The van der Waals surface area contributed by atoms with Crippen LogP contribution in [0.15, 0.2) is 211 Å². The standard InChI is InChI=1S/C48H42N3O13PS3/c1-31(2)46(52)49-34-7-19-40(20-8-34)66(56,57)43-25-13-37(14-26-43)62-65(55,63-38-15-27-44(28-16-38)67(58,59)41-21-9-35(10-22-41)50-47(53)32(3)4)64-39-17-29-45(30-18-39)68(60,61)42-23-11-36(12-24-42)51-48(54)33(5)6/h7-30H,1,3,5H2,2,4,6H3,(H,49,52)(H,50,53)(H,51,54). The number of phosphoric acid groups is 1. The molecule has 16 nitrogen and oxygen atoms in total. The Morgan fingerprint density at radius 1 is 0.368 bits per heavy atom. The first-order valence-electron chi connectivity index (χ1n) is 19.9. The van der Waals surface area contributed by atoms with Crippen molar-refractivity contribution in [2.75, 3.05) is 16.0 Å². The van der Waals surface area contributed by atoms with E-state index in [4.69, 9.17) is 13.6 Å². The molecular weight excluding hydrogens is 954 g/mol. The summed E-state index contributed by atoms with van der Waals surface area (Å²) in [6, 6.07) is 30.6. The molecule has 6 rings (SSSR count). The number of hydrogen-bond acceptors (Lipinski definition) is 13. The molecule has 0 saturated heterocycles. The molecule has 68 heavy (non-hydrogen) atoms. The van der Waals surface area contributed by atoms with Crippen molar-refractivity contribution in [1.29, 1.82) is 0 Å². The maximum atomic E-state index is 14.6. The third-order valence-electron chi connectivity index (χ3n) is 9.48. The predicted octanol–water partition coefficient (Wildman–Crippen LogP) is 9.37. The molecule has 6 aromatic rings. The summed E-state index contributed by atoms with van der Waals surface area (Å²) in [6.07, 6.45) is 0. The van der Waals surface area contributed by atoms with Crippen molar-refractivity contribution >= 4 is 72.1 Å². The van der Waals surface area contributed by atoms with Crippen molar-refractivity contribution in [2.45, 2.75) is 50.1 Å². The molecule has 0 aliphatic carbocycles. The molecule has 0 fully saturated rings. The molecule has 20 heteroatoms. The van der Waals surface area contributed by atoms with Crippen LogP contribution in [0.5, 0.6) is 17.2 Å². The second-order valence-electron chi connectivity index (χ2n) is 14.9. The predicted molar refractivity (Wildman–Crippen MR) is 255 cm³/mol. The molecule has 0 saturated carbocycles. The Bertz CT molecular complexity index is 2980. The van der Waals surface area contributed by atoms with E-state index < -0.39 is 55.1 Å². The third-order valence-corrected chi connectivity index (χ3v) is 16.1. The van der Waals surface area contributed by atoms with Crippen molar-refractivity contribution in [3.63, 3.8) is 0 Å². The SMILES string of the molecule is C=C(C)C(=O)Nc1ccc(S(=O)(=O)c2ccc(OP(=O)(Oc3ccc(S(=O)(=O)c4ccc(NC(=O)C(=C)C)cc4)cc3)Oc3ccc(S(=O)(=O)c4ccc(NC(=O)C(=C)C)cc4)cc3)cc2)cc1. The molecule has 3 N–H and O–H groups in total. The molecule has 0 bridgehead atoms. The largest absolute Gasteiger partial charge is 0.647 e. The molecule has 0 unspecified atom stereocenters. The number of carbonyl (C=O) groups is 3. The van der Waals surface area contributed by atoms with Crippen molar-refractivity contribution in [3.05, 3.63) is 182 Å². The van der Waals surface area contributed by atoms with Crippen molar-refractivity contribution in [3.8, 4) is 17.2 Å². The van der Waals surface area contributed by atoms with Gasteiger partial charge >= 0.3 is 7.82 Å². The first-order chi connectivity index (χ1) is 32.0. The Morgan fingerprint density at radius 2 is 0.544 bits per heavy atom. The van der Waals surface area contributed by atoms with Gasteiger partial charge in [-0.25, -0.2) is 25.3 Å². The number of rotatable bonds is 18. The fraction of sp³-hybridized carbons (Fsp3) is 0.0625. The van der Waals surface area contributed by atoms with Crippen LogP contribution in [0.3, 0.4) is 0 Å². The van der Waals surface area contributed by atoms with Crippen molar-refractivity contribution < 1.29 is 57.8 Å². The maximum Gasteiger partial charge on any atom is 0.647 e. The molecular formula is C48H42N3O13PS3. The Kier molecular flexibility index (Phi) is 14.7. The van der Waals surface area contributed by atoms with Gasteiger partial charge in [-0.15, -0.1) is 0 Å². The summed E-state index contributed by atoms with van der Waals surface area (Å²) in [5, 5.41) is 7.78. The first-order valence-corrected chi connectivity index (χ1v) is 25.8. The highest BCUT2D eigenvalue weighted by atomic mass is 32.2. The topological polar surface area (TPSA) is 234 Å². The highest BCUT2D eigenvalue weighted by Crippen LogP contribution is 2.50. The van der Waals surface area contributed by atoms with Gasteiger partial charge in [0, 0.05) is 33.8 Å². The average molecular weight is 996 g/mol. The third kappa shape index (κ3) is 11.9. The minimum Gasteiger partial charge on any atom is -0.386 e. The summed E-state index contributed by atoms with van der Waals surface area (Å²) in [5.41, 5.74) is 1.82. The van der Waals surface area contributed by atoms with Crippen LogP contribution < -0.4 is 29.5 Å². The van der Waals surface area contributed by atoms with E-state index in [0.29, 0.717) is 17.1 Å². The molecule has 3 amide bonds. The summed E-state index contributed by atoms with van der Waals surface area (Å²) < 4.78 is 113. The van der Waals surface area contributed by atoms with Gasteiger partial charge in [0.15, 0.2) is 0 Å². The second-order valence-corrected chi connectivity index (χ2v) is 22.2. The fourth-order valence-corrected chi connectivity index (χ4v) is 10.8. The van der Waals surface area contributed by atoms with Gasteiger partial charge in [-0.2, -0.15) is 4.57 Å². The number of anilines is 3. The number of nitrogens with one attached hydrogen (secondary N) is 3. The number of phosphoric ester groups is 1. The Balaban J connectivity index is 1.25. The highest BCUT2D eigenvalue weighted by molar-refractivity contribution is 7.92. The summed E-state index contributed by atoms with van der Waals surface area (Å²) in [7, 11) is -17.2. The van der Waals surface area contributed by atoms with Gasteiger partial charge in [0.25, 0.3) is 17.7 Å². The normalized spacial score (nSPS) is 11.6. The van der Waals surface area contributed by atoms with E-state index in [1.165, 1.54) is 166 Å². The van der Waals surface area contributed by atoms with E-state index in [-0.39, 0.29) is 63.3 Å². The van der Waals surface area contributed by atoms with Gasteiger partial charge in [0.1, 0.15) is 17.2 Å². The minimum absolute atomic E-state index is 0.0963. The Morgan fingerprint density at radius 3 is 0.721 bits per heavy atom. The van der Waals surface area contributed by atoms with E-state index >= 15 is 0 Å². The zero-order valence-electron chi connectivity index (χ0n) is 36.5. The maximum absolute atomic E-state index is 14.6. The van der Waals surface area contributed by atoms with Gasteiger partial charge in [-0.1, -0.05) is 19.7 Å². The lowest BCUT2D eigenvalue weighted by Gasteiger charge is -2.20. The van der Waals surface area contributed by atoms with E-state index in [9.17, 15) is 44.2 Å². The van der Waals surface area contributed by atoms with Crippen LogP contribution in [0.25, 0.3) is 0 Å². The first kappa shape index (κ1) is 49.9. The quantitative estimate of drug-likeness (QED) is 0.0538. The summed E-state index contributed by atoms with van der Waals surface area (Å²) in [6.45, 7) is 15.3. The lowest BCUT2D eigenvalue weighted by molar-refractivity contribution is -0.113. The van der Waals surface area contributed by atoms with E-state index in [1.807, 2.05) is 0 Å². The summed E-state index contributed by atoms with van der Waals surface area (Å²) in [5.74, 6) is -1.87. The summed E-state index contributed by atoms with van der Waals surface area (Å²) in [4.78, 5) is 35.2. The molecule has 0 aliphatic heterocycles. The van der Waals surface area contributed by atoms with Crippen LogP contribution in [0.4, 0.5) is 17.1 Å². The number of benzene rings is 6. The zero-order chi connectivity index (χ0) is 49.6. The number of hydrogen-bond donors (Lipinski definition) is 3. The minimum atomic E-state index is -4.87. The van der Waals surface area contributed by atoms with Crippen LogP contribution in [0.2, 0.25) is 0 Å². The molecule has 0 heterocycles. The number of sulfone groups is 3. The van der Waals surface area contributed by atoms with Gasteiger partial charge in [0.2, 0.25) is 29.5 Å². The molecule has 0 aromatic heterocycles. The second kappa shape index (κ2) is 20.1. The molecule has 0 aliphatic rings. The Labute approximate surface area is 393 Å². The van der Waals surface area contributed by atoms with Crippen LogP contribution in [0, 0.1) is 0 Å². The van der Waals surface area contributed by atoms with Crippen molar-refractivity contribution in [2.24, 2.45) is 0 Å². The molecule has 6 aromatic carbocycles. The number of amides is 3. The van der Waals surface area contributed by atoms with Gasteiger partial charge in [-0.05, 0) is 166 Å². The highest BCUT2D eigenvalue weighted by Gasteiger charge is 2.34. The molecule has 0 atom stereocenters. The number of carbonyl (C=O) groups excluding carboxylic acids is 3. The van der Waals surface area contributed by atoms with Gasteiger partial charge < -0.3 is 29.5 Å². The van der Waals surface area contributed by atoms with E-state index in [2.05, 4.69) is 35.7 Å². The van der Waals surface area contributed by atoms with Gasteiger partial charge in [-0.3, -0.25) is 14.4 Å². The molecule has 350 valence electrons. The van der Waals surface area contributed by atoms with Crippen LogP contribution in [-0.2, 0) is 48.5 Å². The molecule has 0 spiro atoms. The Hall–Kier alpha value is -7.57. The van der Waals surface area contributed by atoms with Crippen LogP contribution >= 0.6 is 7.82 Å². The smallest absolute Gasteiger partial charge is 0.386 e. The van der Waals surface area contributed by atoms with Crippen molar-refractivity contribution in [1.82, 2.24) is 0 Å². The lowest BCUT2D eigenvalue weighted by Crippen LogP contribution is -2.12. The monoisotopic (exact) mass is 995 g/mol. The fourth-order valence-electron chi connectivity index (χ4n) is 5.76.